The Morgan fingerprint density at radius 1 is 0.818 bits per heavy atom. The molecule has 0 aliphatic heterocycles. The van der Waals surface area contributed by atoms with Crippen molar-refractivity contribution >= 4 is 11.0 Å². The van der Waals surface area contributed by atoms with Crippen LogP contribution in [-0.4, -0.2) is 37.5 Å². The lowest BCUT2D eigenvalue weighted by Crippen LogP contribution is -2.10. The quantitative estimate of drug-likeness (QED) is 0.319. The van der Waals surface area contributed by atoms with E-state index in [0.29, 0.717) is 36.3 Å². The highest BCUT2D eigenvalue weighted by Gasteiger charge is 2.19. The van der Waals surface area contributed by atoms with Gasteiger partial charge in [-0.05, 0) is 41.8 Å². The summed E-state index contributed by atoms with van der Waals surface area (Å²) in [6, 6.07) is 20.2. The van der Waals surface area contributed by atoms with Crippen LogP contribution in [0.1, 0.15) is 25.3 Å². The number of nitrogens with zero attached hydrogens (tertiary/aromatic N) is 2. The van der Waals surface area contributed by atoms with Crippen LogP contribution < -0.4 is 18.9 Å². The largest absolute Gasteiger partial charge is 0.493 e. The van der Waals surface area contributed by atoms with Gasteiger partial charge in [0, 0.05) is 5.56 Å². The van der Waals surface area contributed by atoms with E-state index in [4.69, 9.17) is 23.9 Å². The fourth-order valence-electron chi connectivity index (χ4n) is 4.07. The van der Waals surface area contributed by atoms with Gasteiger partial charge in [-0.1, -0.05) is 44.2 Å². The lowest BCUT2D eigenvalue weighted by molar-refractivity contribution is 0.297. The number of rotatable bonds is 9. The van der Waals surface area contributed by atoms with Crippen LogP contribution >= 0.6 is 0 Å². The number of benzene rings is 3. The fraction of sp³-hybridized carbons (Fsp3) is 0.296. The highest BCUT2D eigenvalue weighted by molar-refractivity contribution is 5.81. The Labute approximate surface area is 194 Å². The third kappa shape index (κ3) is 4.46. The van der Waals surface area contributed by atoms with Gasteiger partial charge in [-0.15, -0.1) is 0 Å². The molecule has 0 radical (unpaired) electrons. The molecule has 0 N–H and O–H groups in total. The van der Waals surface area contributed by atoms with Gasteiger partial charge in [0.1, 0.15) is 18.2 Å². The zero-order valence-electron chi connectivity index (χ0n) is 19.8. The van der Waals surface area contributed by atoms with Crippen molar-refractivity contribution in [3.8, 4) is 34.4 Å². The molecule has 0 fully saturated rings. The Morgan fingerprint density at radius 3 is 2.15 bits per heavy atom. The molecule has 0 aliphatic rings. The van der Waals surface area contributed by atoms with Crippen molar-refractivity contribution in [1.82, 2.24) is 9.55 Å². The van der Waals surface area contributed by atoms with E-state index in [9.17, 15) is 0 Å². The Bertz CT molecular complexity index is 1220. The molecule has 6 heteroatoms. The molecule has 0 bridgehead atoms. The minimum absolute atomic E-state index is 0.394. The number of fused-ring (bicyclic) bond motifs is 1. The summed E-state index contributed by atoms with van der Waals surface area (Å²) >= 11 is 0. The Kier molecular flexibility index (Phi) is 6.73. The van der Waals surface area contributed by atoms with E-state index in [-0.39, 0.29) is 0 Å². The smallest absolute Gasteiger partial charge is 0.203 e. The normalized spacial score (nSPS) is 11.1. The van der Waals surface area contributed by atoms with Crippen LogP contribution in [0.25, 0.3) is 22.4 Å². The molecular formula is C27H30N2O4. The maximum absolute atomic E-state index is 6.22. The van der Waals surface area contributed by atoms with E-state index in [1.807, 2.05) is 48.5 Å². The van der Waals surface area contributed by atoms with Crippen LogP contribution in [0.5, 0.6) is 23.0 Å². The summed E-state index contributed by atoms with van der Waals surface area (Å²) in [6.45, 7) is 5.50. The highest BCUT2D eigenvalue weighted by atomic mass is 16.5. The van der Waals surface area contributed by atoms with Crippen molar-refractivity contribution in [2.45, 2.75) is 26.3 Å². The van der Waals surface area contributed by atoms with Gasteiger partial charge in [-0.2, -0.15) is 0 Å². The molecule has 1 aromatic heterocycles. The zero-order valence-corrected chi connectivity index (χ0v) is 19.8. The van der Waals surface area contributed by atoms with Gasteiger partial charge in [-0.25, -0.2) is 4.98 Å². The van der Waals surface area contributed by atoms with Gasteiger partial charge in [0.15, 0.2) is 11.5 Å². The summed E-state index contributed by atoms with van der Waals surface area (Å²) in [6.07, 6.45) is 0. The van der Waals surface area contributed by atoms with Gasteiger partial charge in [0.05, 0.1) is 38.9 Å². The molecule has 1 heterocycles. The SMILES string of the molecule is COc1cc(-c2nc3ccccc3n2CCOc2ccccc2C(C)C)cc(OC)c1OC. The molecule has 33 heavy (non-hydrogen) atoms. The first kappa shape index (κ1) is 22.5. The molecular weight excluding hydrogens is 416 g/mol. The monoisotopic (exact) mass is 446 g/mol. The number of imidazole rings is 1. The van der Waals surface area contributed by atoms with Crippen molar-refractivity contribution in [3.63, 3.8) is 0 Å². The minimum Gasteiger partial charge on any atom is -0.493 e. The molecule has 4 rings (SSSR count). The van der Waals surface area contributed by atoms with Gasteiger partial charge in [0.25, 0.3) is 0 Å². The second kappa shape index (κ2) is 9.86. The number of hydrogen-bond donors (Lipinski definition) is 0. The Hall–Kier alpha value is -3.67. The van der Waals surface area contributed by atoms with Crippen molar-refractivity contribution < 1.29 is 18.9 Å². The number of para-hydroxylation sites is 3. The van der Waals surface area contributed by atoms with Gasteiger partial charge in [-0.3, -0.25) is 0 Å². The molecule has 4 aromatic rings. The molecule has 0 saturated carbocycles. The molecule has 0 saturated heterocycles. The van der Waals surface area contributed by atoms with Crippen LogP contribution in [0.2, 0.25) is 0 Å². The zero-order chi connectivity index (χ0) is 23.4. The third-order valence-electron chi connectivity index (χ3n) is 5.69. The van der Waals surface area contributed by atoms with Crippen LogP contribution in [0, 0.1) is 0 Å². The van der Waals surface area contributed by atoms with Crippen LogP contribution in [0.15, 0.2) is 60.7 Å². The highest BCUT2D eigenvalue weighted by Crippen LogP contribution is 2.41. The second-order valence-corrected chi connectivity index (χ2v) is 8.03. The van der Waals surface area contributed by atoms with Crippen molar-refractivity contribution in [1.29, 1.82) is 0 Å². The van der Waals surface area contributed by atoms with E-state index in [1.165, 1.54) is 5.56 Å². The maximum atomic E-state index is 6.22. The molecule has 6 nitrogen and oxygen atoms in total. The minimum atomic E-state index is 0.394. The summed E-state index contributed by atoms with van der Waals surface area (Å²) in [5, 5.41) is 0. The number of aromatic nitrogens is 2. The predicted molar refractivity (Wildman–Crippen MR) is 131 cm³/mol. The lowest BCUT2D eigenvalue weighted by atomic mass is 10.0. The first-order valence-corrected chi connectivity index (χ1v) is 11.0. The number of hydrogen-bond acceptors (Lipinski definition) is 5. The fourth-order valence-corrected chi connectivity index (χ4v) is 4.07. The van der Waals surface area contributed by atoms with E-state index in [2.05, 4.69) is 30.5 Å². The Balaban J connectivity index is 1.72. The van der Waals surface area contributed by atoms with Gasteiger partial charge >= 0.3 is 0 Å². The summed E-state index contributed by atoms with van der Waals surface area (Å²) in [5.74, 6) is 3.87. The van der Waals surface area contributed by atoms with Gasteiger partial charge in [0.2, 0.25) is 5.75 Å². The third-order valence-corrected chi connectivity index (χ3v) is 5.69. The molecule has 0 unspecified atom stereocenters. The van der Waals surface area contributed by atoms with Crippen LogP contribution in [0.3, 0.4) is 0 Å². The summed E-state index contributed by atoms with van der Waals surface area (Å²) in [4.78, 5) is 4.92. The maximum Gasteiger partial charge on any atom is 0.203 e. The first-order valence-electron chi connectivity index (χ1n) is 11.0. The van der Waals surface area contributed by atoms with Crippen molar-refractivity contribution in [3.05, 3.63) is 66.2 Å². The average Bonchev–Trinajstić information content (AvgIpc) is 3.21. The second-order valence-electron chi connectivity index (χ2n) is 8.03. The summed E-state index contributed by atoms with van der Waals surface area (Å²) in [5.41, 5.74) is 4.05. The summed E-state index contributed by atoms with van der Waals surface area (Å²) < 4.78 is 25.0. The summed E-state index contributed by atoms with van der Waals surface area (Å²) in [7, 11) is 4.83. The van der Waals surface area contributed by atoms with Crippen molar-refractivity contribution in [2.24, 2.45) is 0 Å². The molecule has 0 spiro atoms. The van der Waals surface area contributed by atoms with Gasteiger partial charge < -0.3 is 23.5 Å². The lowest BCUT2D eigenvalue weighted by Gasteiger charge is -2.16. The molecule has 172 valence electrons. The van der Waals surface area contributed by atoms with Crippen LogP contribution in [0.4, 0.5) is 0 Å². The van der Waals surface area contributed by atoms with E-state index < -0.39 is 0 Å². The molecule has 0 atom stereocenters. The number of ether oxygens (including phenoxy) is 4. The topological polar surface area (TPSA) is 54.7 Å². The predicted octanol–water partition coefficient (Wildman–Crippen LogP) is 5.93. The average molecular weight is 447 g/mol. The number of methoxy groups -OCH3 is 3. The van der Waals surface area contributed by atoms with Crippen LogP contribution in [-0.2, 0) is 6.54 Å². The Morgan fingerprint density at radius 2 is 1.48 bits per heavy atom. The van der Waals surface area contributed by atoms with Crippen molar-refractivity contribution in [2.75, 3.05) is 27.9 Å². The first-order chi connectivity index (χ1) is 16.1. The van der Waals surface area contributed by atoms with E-state index in [1.54, 1.807) is 21.3 Å². The molecule has 3 aromatic carbocycles. The molecule has 0 amide bonds. The van der Waals surface area contributed by atoms with E-state index in [0.717, 1.165) is 28.2 Å². The molecule has 0 aliphatic carbocycles. The van der Waals surface area contributed by atoms with E-state index >= 15 is 0 Å². The standard InChI is InChI=1S/C27H30N2O4/c1-18(2)20-10-6-9-13-23(20)33-15-14-29-22-12-8-7-11-21(22)28-27(29)19-16-24(30-3)26(32-5)25(17-19)31-4/h6-13,16-18H,14-15H2,1-5H3.